The van der Waals surface area contributed by atoms with Gasteiger partial charge in [-0.05, 0) is 29.8 Å². The third kappa shape index (κ3) is 5.58. The van der Waals surface area contributed by atoms with Crippen molar-refractivity contribution in [1.82, 2.24) is 10.6 Å². The predicted octanol–water partition coefficient (Wildman–Crippen LogP) is 1.26. The Hall–Kier alpha value is -3.33. The maximum atomic E-state index is 12.9. The minimum absolute atomic E-state index is 0.121. The number of benzene rings is 2. The van der Waals surface area contributed by atoms with Gasteiger partial charge in [-0.1, -0.05) is 12.1 Å². The summed E-state index contributed by atoms with van der Waals surface area (Å²) in [6.07, 6.45) is 0. The number of rotatable bonds is 9. The average Bonchev–Trinajstić information content (AvgIpc) is 2.75. The van der Waals surface area contributed by atoms with Crippen LogP contribution in [0.1, 0.15) is 15.9 Å². The van der Waals surface area contributed by atoms with Gasteiger partial charge < -0.3 is 30.0 Å². The first kappa shape index (κ1) is 22.0. The molecule has 0 bridgehead atoms. The van der Waals surface area contributed by atoms with E-state index in [1.807, 2.05) is 0 Å². The van der Waals surface area contributed by atoms with Crippen molar-refractivity contribution in [3.05, 3.63) is 53.3 Å². The molecule has 0 spiro atoms. The molecule has 0 heterocycles. The van der Waals surface area contributed by atoms with Crippen LogP contribution < -0.4 is 24.8 Å². The van der Waals surface area contributed by atoms with Gasteiger partial charge in [0, 0.05) is 12.1 Å². The van der Waals surface area contributed by atoms with E-state index in [1.165, 1.54) is 57.7 Å². The summed E-state index contributed by atoms with van der Waals surface area (Å²) in [6, 6.07) is 7.29. The lowest BCUT2D eigenvalue weighted by molar-refractivity contribution is -0.124. The quantitative estimate of drug-likeness (QED) is 0.579. The van der Waals surface area contributed by atoms with Crippen LogP contribution in [0.3, 0.4) is 0 Å². The highest BCUT2D eigenvalue weighted by Gasteiger charge is 2.23. The molecule has 0 saturated carbocycles. The highest BCUT2D eigenvalue weighted by atomic mass is 19.1. The van der Waals surface area contributed by atoms with Gasteiger partial charge in [0.25, 0.3) is 5.91 Å². The van der Waals surface area contributed by atoms with E-state index in [2.05, 4.69) is 10.6 Å². The Morgan fingerprint density at radius 3 is 2.10 bits per heavy atom. The molecule has 0 radical (unpaired) electrons. The monoisotopic (exact) mass is 406 g/mol. The summed E-state index contributed by atoms with van der Waals surface area (Å²) in [4.78, 5) is 24.9. The Balaban J connectivity index is 2.08. The maximum Gasteiger partial charge on any atom is 0.252 e. The fourth-order valence-electron chi connectivity index (χ4n) is 2.56. The van der Waals surface area contributed by atoms with E-state index in [0.29, 0.717) is 11.3 Å². The van der Waals surface area contributed by atoms with Crippen molar-refractivity contribution in [1.29, 1.82) is 0 Å². The molecule has 0 aliphatic rings. The van der Waals surface area contributed by atoms with Crippen LogP contribution in [0.15, 0.2) is 36.4 Å². The van der Waals surface area contributed by atoms with E-state index in [4.69, 9.17) is 14.2 Å². The lowest BCUT2D eigenvalue weighted by Crippen LogP contribution is -2.48. The molecule has 0 aliphatic carbocycles. The standard InChI is InChI=1S/C20H23FN2O6/c1-27-16-8-13(9-17(28-2)18(16)29-3)19(25)23-15(11-24)20(26)22-10-12-4-6-14(21)7-5-12/h4-9,15,24H,10-11H2,1-3H3,(H,22,26)(H,23,25)/t15-/m0/s1. The van der Waals surface area contributed by atoms with Gasteiger partial charge in [-0.2, -0.15) is 0 Å². The number of aliphatic hydroxyl groups excluding tert-OH is 1. The molecule has 0 fully saturated rings. The van der Waals surface area contributed by atoms with Gasteiger partial charge in [-0.25, -0.2) is 4.39 Å². The molecule has 2 rings (SSSR count). The number of carbonyl (C=O) groups excluding carboxylic acids is 2. The van der Waals surface area contributed by atoms with Gasteiger partial charge in [-0.15, -0.1) is 0 Å². The molecule has 2 amide bonds. The normalized spacial score (nSPS) is 11.3. The third-order valence-electron chi connectivity index (χ3n) is 4.11. The van der Waals surface area contributed by atoms with Crippen LogP contribution in [0.2, 0.25) is 0 Å². The fraction of sp³-hybridized carbons (Fsp3) is 0.300. The molecule has 156 valence electrons. The Morgan fingerprint density at radius 2 is 1.62 bits per heavy atom. The van der Waals surface area contributed by atoms with E-state index >= 15 is 0 Å². The minimum atomic E-state index is -1.18. The van der Waals surface area contributed by atoms with E-state index in [-0.39, 0.29) is 29.4 Å². The Labute approximate surface area is 167 Å². The van der Waals surface area contributed by atoms with Crippen LogP contribution in [0, 0.1) is 5.82 Å². The first-order chi connectivity index (χ1) is 13.9. The maximum absolute atomic E-state index is 12.9. The highest BCUT2D eigenvalue weighted by molar-refractivity contribution is 5.98. The summed E-state index contributed by atoms with van der Waals surface area (Å²) < 4.78 is 28.5. The number of amides is 2. The number of halogens is 1. The molecule has 8 nitrogen and oxygen atoms in total. The third-order valence-corrected chi connectivity index (χ3v) is 4.11. The van der Waals surface area contributed by atoms with E-state index in [0.717, 1.165) is 0 Å². The highest BCUT2D eigenvalue weighted by Crippen LogP contribution is 2.38. The van der Waals surface area contributed by atoms with Crippen LogP contribution in [-0.2, 0) is 11.3 Å². The molecule has 0 saturated heterocycles. The van der Waals surface area contributed by atoms with Crippen LogP contribution in [0.25, 0.3) is 0 Å². The van der Waals surface area contributed by atoms with Crippen molar-refractivity contribution in [3.8, 4) is 17.2 Å². The molecule has 0 aliphatic heterocycles. The van der Waals surface area contributed by atoms with Gasteiger partial charge in [0.15, 0.2) is 11.5 Å². The van der Waals surface area contributed by atoms with Gasteiger partial charge in [0.05, 0.1) is 27.9 Å². The van der Waals surface area contributed by atoms with E-state index in [1.54, 1.807) is 0 Å². The summed E-state index contributed by atoms with van der Waals surface area (Å²) in [7, 11) is 4.27. The fourth-order valence-corrected chi connectivity index (χ4v) is 2.56. The van der Waals surface area contributed by atoms with Crippen LogP contribution in [0.4, 0.5) is 4.39 Å². The largest absolute Gasteiger partial charge is 0.493 e. The molecule has 0 unspecified atom stereocenters. The summed E-state index contributed by atoms with van der Waals surface area (Å²) >= 11 is 0. The van der Waals surface area contributed by atoms with E-state index < -0.39 is 24.5 Å². The number of carbonyl (C=O) groups is 2. The van der Waals surface area contributed by atoms with Crippen molar-refractivity contribution >= 4 is 11.8 Å². The first-order valence-electron chi connectivity index (χ1n) is 8.67. The molecular formula is C20H23FN2O6. The van der Waals surface area contributed by atoms with Crippen LogP contribution >= 0.6 is 0 Å². The zero-order chi connectivity index (χ0) is 21.4. The first-order valence-corrected chi connectivity index (χ1v) is 8.67. The van der Waals surface area contributed by atoms with Crippen molar-refractivity contribution in [2.24, 2.45) is 0 Å². The second kappa shape index (κ2) is 10.3. The molecular weight excluding hydrogens is 383 g/mol. The molecule has 9 heteroatoms. The number of hydrogen-bond acceptors (Lipinski definition) is 6. The summed E-state index contributed by atoms with van der Waals surface area (Å²) in [5.74, 6) is -0.706. The molecule has 29 heavy (non-hydrogen) atoms. The number of methoxy groups -OCH3 is 3. The average molecular weight is 406 g/mol. The number of hydrogen-bond donors (Lipinski definition) is 3. The number of aliphatic hydroxyl groups is 1. The Bertz CT molecular complexity index is 832. The SMILES string of the molecule is COc1cc(C(=O)N[C@@H](CO)C(=O)NCc2ccc(F)cc2)cc(OC)c1OC. The van der Waals surface area contributed by atoms with Gasteiger partial charge >= 0.3 is 0 Å². The zero-order valence-corrected chi connectivity index (χ0v) is 16.3. The van der Waals surface area contributed by atoms with Gasteiger partial charge in [0.2, 0.25) is 11.7 Å². The second-order valence-corrected chi connectivity index (χ2v) is 5.97. The summed E-state index contributed by atoms with van der Waals surface area (Å²) in [5.41, 5.74) is 0.830. The van der Waals surface area contributed by atoms with Crippen LogP contribution in [0.5, 0.6) is 17.2 Å². The second-order valence-electron chi connectivity index (χ2n) is 5.97. The number of ether oxygens (including phenoxy) is 3. The Morgan fingerprint density at radius 1 is 1.03 bits per heavy atom. The lowest BCUT2D eigenvalue weighted by Gasteiger charge is -2.18. The summed E-state index contributed by atoms with van der Waals surface area (Å²) in [6.45, 7) is -0.485. The van der Waals surface area contributed by atoms with Crippen molar-refractivity contribution in [3.63, 3.8) is 0 Å². The smallest absolute Gasteiger partial charge is 0.252 e. The molecule has 0 aromatic heterocycles. The summed E-state index contributed by atoms with van der Waals surface area (Å²) in [5, 5.41) is 14.6. The van der Waals surface area contributed by atoms with Crippen molar-refractivity contribution < 1.29 is 33.3 Å². The van der Waals surface area contributed by atoms with Gasteiger partial charge in [-0.3, -0.25) is 9.59 Å². The molecule has 2 aromatic rings. The minimum Gasteiger partial charge on any atom is -0.493 e. The topological polar surface area (TPSA) is 106 Å². The lowest BCUT2D eigenvalue weighted by atomic mass is 10.1. The molecule has 3 N–H and O–H groups in total. The predicted molar refractivity (Wildman–Crippen MR) is 103 cm³/mol. The van der Waals surface area contributed by atoms with E-state index in [9.17, 15) is 19.1 Å². The number of nitrogens with one attached hydrogen (secondary N) is 2. The van der Waals surface area contributed by atoms with Gasteiger partial charge in [0.1, 0.15) is 11.9 Å². The molecule has 2 aromatic carbocycles. The molecule has 1 atom stereocenters. The Kier molecular flexibility index (Phi) is 7.79. The van der Waals surface area contributed by atoms with Crippen molar-refractivity contribution in [2.45, 2.75) is 12.6 Å². The van der Waals surface area contributed by atoms with Crippen LogP contribution in [-0.4, -0.2) is 50.9 Å². The zero-order valence-electron chi connectivity index (χ0n) is 16.3. The van der Waals surface area contributed by atoms with Crippen molar-refractivity contribution in [2.75, 3.05) is 27.9 Å².